The second-order valence-corrected chi connectivity index (χ2v) is 9.93. The number of carbonyl (C=O) groups is 2. The Morgan fingerprint density at radius 3 is 2.58 bits per heavy atom. The predicted molar refractivity (Wildman–Crippen MR) is 154 cm³/mol. The molecular weight excluding hydrogens is 500 g/mol. The van der Waals surface area contributed by atoms with E-state index in [9.17, 15) is 9.59 Å². The Bertz CT molecular complexity index is 1270. The van der Waals surface area contributed by atoms with E-state index in [1.165, 1.54) is 0 Å². The van der Waals surface area contributed by atoms with Crippen molar-refractivity contribution in [3.63, 3.8) is 0 Å². The van der Waals surface area contributed by atoms with Crippen molar-refractivity contribution in [1.82, 2.24) is 5.43 Å². The van der Waals surface area contributed by atoms with E-state index in [2.05, 4.69) is 20.7 Å². The summed E-state index contributed by atoms with van der Waals surface area (Å²) in [6, 6.07) is 20.2. The maximum atomic E-state index is 13.2. The maximum Gasteiger partial charge on any atom is 0.273 e. The molecule has 3 aromatic rings. The molecule has 3 N–H and O–H groups in total. The van der Waals surface area contributed by atoms with Crippen molar-refractivity contribution >= 4 is 41.2 Å². The Balaban J connectivity index is 1.52. The Morgan fingerprint density at radius 1 is 1.05 bits per heavy atom. The number of hydrogen-bond donors (Lipinski definition) is 3. The molecule has 0 saturated carbocycles. The molecule has 198 valence electrons. The topological polar surface area (TPSA) is 103 Å². The zero-order valence-electron chi connectivity index (χ0n) is 21.4. The third-order valence-corrected chi connectivity index (χ3v) is 7.16. The van der Waals surface area contributed by atoms with Gasteiger partial charge in [0.2, 0.25) is 0 Å². The number of amides is 2. The number of benzene rings is 3. The zero-order chi connectivity index (χ0) is 26.7. The van der Waals surface area contributed by atoms with Gasteiger partial charge in [-0.1, -0.05) is 12.1 Å². The Morgan fingerprint density at radius 2 is 1.84 bits per heavy atom. The second kappa shape index (κ2) is 13.6. The van der Waals surface area contributed by atoms with Crippen molar-refractivity contribution in [3.05, 3.63) is 89.0 Å². The predicted octanol–water partition coefficient (Wildman–Crippen LogP) is 4.54. The third kappa shape index (κ3) is 7.36. The molecule has 0 aromatic heterocycles. The fourth-order valence-electron chi connectivity index (χ4n) is 4.17. The highest BCUT2D eigenvalue weighted by Gasteiger charge is 2.19. The molecule has 2 amide bonds. The summed E-state index contributed by atoms with van der Waals surface area (Å²) in [6.07, 6.45) is 3.78. The van der Waals surface area contributed by atoms with Crippen molar-refractivity contribution in [2.75, 3.05) is 42.8 Å². The first-order valence-corrected chi connectivity index (χ1v) is 13.7. The van der Waals surface area contributed by atoms with Crippen LogP contribution in [-0.2, 0) is 5.75 Å². The fourth-order valence-corrected chi connectivity index (χ4v) is 4.86. The number of thioether (sulfide) groups is 1. The largest absolute Gasteiger partial charge is 0.497 e. The summed E-state index contributed by atoms with van der Waals surface area (Å²) in [5.74, 6) is 1.36. The molecule has 1 aliphatic heterocycles. The quantitative estimate of drug-likeness (QED) is 0.190. The first kappa shape index (κ1) is 27.2. The lowest BCUT2D eigenvalue weighted by Gasteiger charge is -2.20. The molecule has 0 atom stereocenters. The highest BCUT2D eigenvalue weighted by Crippen LogP contribution is 2.27. The van der Waals surface area contributed by atoms with E-state index in [0.29, 0.717) is 28.3 Å². The summed E-state index contributed by atoms with van der Waals surface area (Å²) in [5, 5.41) is 16.0. The van der Waals surface area contributed by atoms with Crippen molar-refractivity contribution in [3.8, 4) is 5.75 Å². The molecule has 1 aliphatic rings. The van der Waals surface area contributed by atoms with Crippen molar-refractivity contribution < 1.29 is 19.4 Å². The van der Waals surface area contributed by atoms with Crippen LogP contribution in [0.3, 0.4) is 0 Å². The average molecular weight is 533 g/mol. The Kier molecular flexibility index (Phi) is 9.77. The lowest BCUT2D eigenvalue weighted by Crippen LogP contribution is -2.23. The van der Waals surface area contributed by atoms with Gasteiger partial charge < -0.3 is 20.1 Å². The third-order valence-electron chi connectivity index (χ3n) is 6.16. The van der Waals surface area contributed by atoms with Crippen LogP contribution in [0.5, 0.6) is 5.75 Å². The van der Waals surface area contributed by atoms with Crippen molar-refractivity contribution in [1.29, 1.82) is 0 Å². The molecule has 38 heavy (non-hydrogen) atoms. The van der Waals surface area contributed by atoms with Gasteiger partial charge in [0.1, 0.15) is 5.75 Å². The van der Waals surface area contributed by atoms with Gasteiger partial charge in [0.25, 0.3) is 11.8 Å². The standard InChI is InChI=1S/C29H32N4O4S/c1-37-25-10-7-21(8-11-25)19-30-32-29(36)26-18-24(33-13-2-3-14-33)9-12-27(26)31-28(35)23-6-4-5-22(17-23)20-38-16-15-34/h4-12,17-19,34H,2-3,13-16,20H2,1H3,(H,31,35)(H,32,36)/b30-19+. The molecule has 0 aliphatic carbocycles. The van der Waals surface area contributed by atoms with E-state index in [1.54, 1.807) is 43.3 Å². The second-order valence-electron chi connectivity index (χ2n) is 8.83. The number of aliphatic hydroxyl groups excluding tert-OH is 1. The van der Waals surface area contributed by atoms with Gasteiger partial charge in [-0.05, 0) is 78.6 Å². The number of methoxy groups -OCH3 is 1. The van der Waals surface area contributed by atoms with Gasteiger partial charge in [0.05, 0.1) is 31.2 Å². The minimum atomic E-state index is -0.416. The van der Waals surface area contributed by atoms with E-state index in [4.69, 9.17) is 9.84 Å². The highest BCUT2D eigenvalue weighted by atomic mass is 32.2. The molecule has 1 saturated heterocycles. The number of nitrogens with zero attached hydrogens (tertiary/aromatic N) is 2. The first-order chi connectivity index (χ1) is 18.6. The van der Waals surface area contributed by atoms with E-state index in [0.717, 1.165) is 48.5 Å². The Hall–Kier alpha value is -3.82. The Labute approximate surface area is 227 Å². The van der Waals surface area contributed by atoms with Crippen LogP contribution < -0.4 is 20.4 Å². The summed E-state index contributed by atoms with van der Waals surface area (Å²) in [6.45, 7) is 1.99. The molecule has 9 heteroatoms. The molecular formula is C29H32N4O4S. The molecule has 3 aromatic carbocycles. The molecule has 0 radical (unpaired) electrons. The summed E-state index contributed by atoms with van der Waals surface area (Å²) in [5.41, 5.74) is 6.58. The SMILES string of the molecule is COc1ccc(/C=N/NC(=O)c2cc(N3CCCC3)ccc2NC(=O)c2cccc(CSCCO)c2)cc1. The lowest BCUT2D eigenvalue weighted by atomic mass is 10.1. The van der Waals surface area contributed by atoms with Gasteiger partial charge in [-0.3, -0.25) is 9.59 Å². The van der Waals surface area contributed by atoms with Gasteiger partial charge in [-0.25, -0.2) is 5.43 Å². The van der Waals surface area contributed by atoms with Crippen molar-refractivity contribution in [2.45, 2.75) is 18.6 Å². The highest BCUT2D eigenvalue weighted by molar-refractivity contribution is 7.98. The number of ether oxygens (including phenoxy) is 1. The molecule has 0 spiro atoms. The molecule has 4 rings (SSSR count). The number of hydrogen-bond acceptors (Lipinski definition) is 7. The first-order valence-electron chi connectivity index (χ1n) is 12.5. The van der Waals surface area contributed by atoms with Gasteiger partial charge in [-0.15, -0.1) is 0 Å². The smallest absolute Gasteiger partial charge is 0.273 e. The minimum Gasteiger partial charge on any atom is -0.497 e. The summed E-state index contributed by atoms with van der Waals surface area (Å²) in [7, 11) is 1.60. The summed E-state index contributed by atoms with van der Waals surface area (Å²) in [4.78, 5) is 28.6. The lowest BCUT2D eigenvalue weighted by molar-refractivity contribution is 0.0956. The number of nitrogens with one attached hydrogen (secondary N) is 2. The van der Waals surface area contributed by atoms with Crippen LogP contribution >= 0.6 is 11.8 Å². The van der Waals surface area contributed by atoms with Crippen LogP contribution in [0, 0.1) is 0 Å². The van der Waals surface area contributed by atoms with E-state index >= 15 is 0 Å². The zero-order valence-corrected chi connectivity index (χ0v) is 22.2. The fraction of sp³-hybridized carbons (Fsp3) is 0.276. The van der Waals surface area contributed by atoms with Crippen LogP contribution in [0.4, 0.5) is 11.4 Å². The number of carbonyl (C=O) groups excluding carboxylic acids is 2. The normalized spacial score (nSPS) is 13.1. The molecule has 0 unspecified atom stereocenters. The molecule has 8 nitrogen and oxygen atoms in total. The minimum absolute atomic E-state index is 0.118. The molecule has 1 fully saturated rings. The number of anilines is 2. The molecule has 1 heterocycles. The van der Waals surface area contributed by atoms with E-state index in [-0.39, 0.29) is 12.5 Å². The van der Waals surface area contributed by atoms with Gasteiger partial charge in [0.15, 0.2) is 0 Å². The summed E-state index contributed by atoms with van der Waals surface area (Å²) < 4.78 is 5.17. The van der Waals surface area contributed by atoms with Crippen LogP contribution in [0.25, 0.3) is 0 Å². The van der Waals surface area contributed by atoms with Crippen LogP contribution in [0.2, 0.25) is 0 Å². The van der Waals surface area contributed by atoms with Crippen LogP contribution in [0.15, 0.2) is 71.8 Å². The van der Waals surface area contributed by atoms with Crippen molar-refractivity contribution in [2.24, 2.45) is 5.10 Å². The van der Waals surface area contributed by atoms with Gasteiger partial charge in [-0.2, -0.15) is 16.9 Å². The number of rotatable bonds is 11. The van der Waals surface area contributed by atoms with E-state index < -0.39 is 5.91 Å². The van der Waals surface area contributed by atoms with Gasteiger partial charge >= 0.3 is 0 Å². The maximum absolute atomic E-state index is 13.2. The van der Waals surface area contributed by atoms with Crippen LogP contribution in [-0.4, -0.2) is 55.7 Å². The monoisotopic (exact) mass is 532 g/mol. The molecule has 0 bridgehead atoms. The summed E-state index contributed by atoms with van der Waals surface area (Å²) >= 11 is 1.60. The van der Waals surface area contributed by atoms with E-state index in [1.807, 2.05) is 48.5 Å². The average Bonchev–Trinajstić information content (AvgIpc) is 3.49. The number of hydrazone groups is 1. The van der Waals surface area contributed by atoms with Gasteiger partial charge in [0, 0.05) is 35.8 Å². The number of aliphatic hydroxyl groups is 1. The van der Waals surface area contributed by atoms with Crippen LogP contribution in [0.1, 0.15) is 44.7 Å².